The Bertz CT molecular complexity index is 555. The zero-order chi connectivity index (χ0) is 17.4. The smallest absolute Gasteiger partial charge is 0.480 e. The average Bonchev–Trinajstić information content (AvgIpc) is 2.50. The van der Waals surface area contributed by atoms with Gasteiger partial charge >= 0.3 is 13.1 Å². The first-order valence-corrected chi connectivity index (χ1v) is 7.14. The molecule has 0 saturated heterocycles. The van der Waals surface area contributed by atoms with Gasteiger partial charge < -0.3 is 25.8 Å². The molecule has 0 fully saturated rings. The van der Waals surface area contributed by atoms with Crippen molar-refractivity contribution < 1.29 is 24.9 Å². The molecule has 0 aliphatic heterocycles. The number of carbonyl (C=O) groups is 1. The molecule has 0 heterocycles. The Kier molecular flexibility index (Phi) is 7.46. The molecule has 1 unspecified atom stereocenters. The maximum absolute atomic E-state index is 10.8. The second-order valence-electron chi connectivity index (χ2n) is 5.05. The Morgan fingerprint density at radius 2 is 2.04 bits per heavy atom. The number of unbranched alkanes of at least 4 members (excludes halogenated alkanes) is 1. The van der Waals surface area contributed by atoms with E-state index in [4.69, 9.17) is 15.2 Å². The lowest BCUT2D eigenvalue weighted by Gasteiger charge is -2.11. The molecular formula is C13H20BN3O6. The van der Waals surface area contributed by atoms with Crippen LogP contribution >= 0.6 is 0 Å². The van der Waals surface area contributed by atoms with Gasteiger partial charge in [-0.3, -0.25) is 14.9 Å². The molecule has 0 radical (unpaired) electrons. The number of likely N-dealkylation sites (N-methyl/N-ethyl adjacent to an activating group) is 1. The second-order valence-corrected chi connectivity index (χ2v) is 5.05. The Labute approximate surface area is 133 Å². The van der Waals surface area contributed by atoms with E-state index in [1.54, 1.807) is 7.05 Å². The summed E-state index contributed by atoms with van der Waals surface area (Å²) in [5.41, 5.74) is 0.202. The monoisotopic (exact) mass is 325 g/mol. The molecule has 0 bridgehead atoms. The van der Waals surface area contributed by atoms with Gasteiger partial charge in [-0.25, -0.2) is 0 Å². The number of aliphatic carboxylic acids is 1. The topological polar surface area (TPSA) is 145 Å². The van der Waals surface area contributed by atoms with Crippen molar-refractivity contribution in [2.45, 2.75) is 25.3 Å². The quantitative estimate of drug-likeness (QED) is 0.168. The number of nitrogens with one attached hydrogen (secondary N) is 2. The number of non-ortho nitro benzene ring substituents is 1. The SMILES string of the molecule is CNC(CCCCNc1cc(B(O)O)cc([N+](=O)[O-])c1)C(=O)O. The van der Waals surface area contributed by atoms with Crippen LogP contribution in [0.5, 0.6) is 0 Å². The predicted octanol–water partition coefficient (Wildman–Crippen LogP) is -0.471. The Hall–Kier alpha value is -2.17. The fourth-order valence-electron chi connectivity index (χ4n) is 2.09. The minimum Gasteiger partial charge on any atom is -0.480 e. The lowest BCUT2D eigenvalue weighted by atomic mass is 9.80. The van der Waals surface area contributed by atoms with E-state index in [2.05, 4.69) is 10.6 Å². The number of nitrogens with zero attached hydrogens (tertiary/aromatic N) is 1. The van der Waals surface area contributed by atoms with Crippen LogP contribution in [0.2, 0.25) is 0 Å². The fraction of sp³-hybridized carbons (Fsp3) is 0.462. The van der Waals surface area contributed by atoms with Crippen LogP contribution in [0.4, 0.5) is 11.4 Å². The lowest BCUT2D eigenvalue weighted by molar-refractivity contribution is -0.384. The number of nitro benzene ring substituents is 1. The van der Waals surface area contributed by atoms with Gasteiger partial charge in [-0.1, -0.05) is 0 Å². The van der Waals surface area contributed by atoms with Gasteiger partial charge in [0.1, 0.15) is 6.04 Å². The summed E-state index contributed by atoms with van der Waals surface area (Å²) in [6.45, 7) is 0.484. The minimum atomic E-state index is -1.79. The molecule has 0 aromatic heterocycles. The van der Waals surface area contributed by atoms with E-state index in [0.29, 0.717) is 31.5 Å². The molecule has 1 aromatic carbocycles. The van der Waals surface area contributed by atoms with Gasteiger partial charge in [-0.05, 0) is 37.8 Å². The van der Waals surface area contributed by atoms with Crippen LogP contribution in [0.25, 0.3) is 0 Å². The van der Waals surface area contributed by atoms with Crippen molar-refractivity contribution in [3.63, 3.8) is 0 Å². The van der Waals surface area contributed by atoms with Crippen LogP contribution in [-0.2, 0) is 4.79 Å². The number of nitro groups is 1. The Morgan fingerprint density at radius 1 is 1.35 bits per heavy atom. The largest absolute Gasteiger partial charge is 0.488 e. The molecule has 1 atom stereocenters. The number of carboxylic acids is 1. The lowest BCUT2D eigenvalue weighted by Crippen LogP contribution is -2.33. The average molecular weight is 325 g/mol. The highest BCUT2D eigenvalue weighted by Crippen LogP contribution is 2.16. The molecule has 0 aliphatic rings. The van der Waals surface area contributed by atoms with Crippen molar-refractivity contribution >= 4 is 29.9 Å². The summed E-state index contributed by atoms with van der Waals surface area (Å²) in [7, 11) is -0.204. The van der Waals surface area contributed by atoms with Gasteiger partial charge in [0.25, 0.3) is 5.69 Å². The van der Waals surface area contributed by atoms with Gasteiger partial charge in [0.2, 0.25) is 0 Å². The van der Waals surface area contributed by atoms with Crippen LogP contribution in [0.15, 0.2) is 18.2 Å². The summed E-state index contributed by atoms with van der Waals surface area (Å²) in [5, 5.41) is 43.7. The van der Waals surface area contributed by atoms with Gasteiger partial charge in [0.05, 0.1) is 4.92 Å². The van der Waals surface area contributed by atoms with E-state index in [1.807, 2.05) is 0 Å². The molecule has 1 aromatic rings. The van der Waals surface area contributed by atoms with Crippen LogP contribution in [0.3, 0.4) is 0 Å². The third-order valence-corrected chi connectivity index (χ3v) is 3.34. The molecule has 9 nitrogen and oxygen atoms in total. The first-order valence-electron chi connectivity index (χ1n) is 7.14. The standard InChI is InChI=1S/C13H20BN3O6/c1-15-12(13(18)19)4-2-3-5-16-10-6-9(14(20)21)7-11(8-10)17(22)23/h6-8,12,15-16,20-21H,2-5H2,1H3,(H,18,19). The molecule has 23 heavy (non-hydrogen) atoms. The molecule has 5 N–H and O–H groups in total. The highest BCUT2D eigenvalue weighted by molar-refractivity contribution is 6.58. The number of hydrogen-bond acceptors (Lipinski definition) is 7. The summed E-state index contributed by atoms with van der Waals surface area (Å²) >= 11 is 0. The first-order chi connectivity index (χ1) is 10.8. The molecule has 126 valence electrons. The third-order valence-electron chi connectivity index (χ3n) is 3.34. The summed E-state index contributed by atoms with van der Waals surface area (Å²) in [5.74, 6) is -0.902. The number of carboxylic acid groups (broad SMARTS) is 1. The van der Waals surface area contributed by atoms with Crippen LogP contribution in [0, 0.1) is 10.1 Å². The second kappa shape index (κ2) is 9.08. The van der Waals surface area contributed by atoms with Crippen LogP contribution < -0.4 is 16.1 Å². The van der Waals surface area contributed by atoms with Crippen molar-refractivity contribution in [1.29, 1.82) is 0 Å². The van der Waals surface area contributed by atoms with E-state index in [9.17, 15) is 14.9 Å². The van der Waals surface area contributed by atoms with Crippen molar-refractivity contribution in [3.8, 4) is 0 Å². The highest BCUT2D eigenvalue weighted by atomic mass is 16.6. The highest BCUT2D eigenvalue weighted by Gasteiger charge is 2.17. The molecule has 1 rings (SSSR count). The summed E-state index contributed by atoms with van der Waals surface area (Å²) in [4.78, 5) is 21.0. The molecule has 0 aliphatic carbocycles. The van der Waals surface area contributed by atoms with E-state index in [1.165, 1.54) is 12.1 Å². The molecule has 0 spiro atoms. The number of rotatable bonds is 10. The molecular weight excluding hydrogens is 305 g/mol. The number of hydrogen-bond donors (Lipinski definition) is 5. The minimum absolute atomic E-state index is 0.0304. The number of benzene rings is 1. The van der Waals surface area contributed by atoms with Gasteiger partial charge in [0.15, 0.2) is 0 Å². The predicted molar refractivity (Wildman–Crippen MR) is 85.7 cm³/mol. The molecule has 0 saturated carbocycles. The summed E-state index contributed by atoms with van der Waals surface area (Å²) in [6, 6.07) is 3.23. The van der Waals surface area contributed by atoms with E-state index < -0.39 is 24.1 Å². The van der Waals surface area contributed by atoms with Gasteiger partial charge in [0, 0.05) is 24.4 Å². The summed E-state index contributed by atoms with van der Waals surface area (Å²) < 4.78 is 0. The maximum atomic E-state index is 10.8. The van der Waals surface area contributed by atoms with E-state index in [0.717, 1.165) is 6.07 Å². The third kappa shape index (κ3) is 6.23. The molecule has 0 amide bonds. The zero-order valence-electron chi connectivity index (χ0n) is 12.7. The fourth-order valence-corrected chi connectivity index (χ4v) is 2.09. The van der Waals surface area contributed by atoms with Crippen LogP contribution in [-0.4, -0.2) is 52.8 Å². The molecule has 10 heteroatoms. The van der Waals surface area contributed by atoms with Crippen molar-refractivity contribution in [2.75, 3.05) is 18.9 Å². The number of anilines is 1. The zero-order valence-corrected chi connectivity index (χ0v) is 12.7. The normalized spacial score (nSPS) is 11.8. The van der Waals surface area contributed by atoms with Crippen molar-refractivity contribution in [3.05, 3.63) is 28.3 Å². The summed E-state index contributed by atoms with van der Waals surface area (Å²) in [6.07, 6.45) is 1.81. The first kappa shape index (κ1) is 18.9. The van der Waals surface area contributed by atoms with E-state index >= 15 is 0 Å². The van der Waals surface area contributed by atoms with Gasteiger partial charge in [-0.2, -0.15) is 0 Å². The van der Waals surface area contributed by atoms with Crippen molar-refractivity contribution in [1.82, 2.24) is 5.32 Å². The van der Waals surface area contributed by atoms with E-state index in [-0.39, 0.29) is 11.2 Å². The Morgan fingerprint density at radius 3 is 2.57 bits per heavy atom. The van der Waals surface area contributed by atoms with Crippen molar-refractivity contribution in [2.24, 2.45) is 0 Å². The Balaban J connectivity index is 2.54. The maximum Gasteiger partial charge on any atom is 0.488 e. The van der Waals surface area contributed by atoms with Gasteiger partial charge in [-0.15, -0.1) is 0 Å². The van der Waals surface area contributed by atoms with Crippen LogP contribution in [0.1, 0.15) is 19.3 Å².